The third-order valence-corrected chi connectivity index (χ3v) is 2.01. The molecule has 1 amide bonds. The van der Waals surface area contributed by atoms with Crippen molar-refractivity contribution in [2.24, 2.45) is 11.1 Å². The van der Waals surface area contributed by atoms with Crippen LogP contribution in [0.3, 0.4) is 0 Å². The summed E-state index contributed by atoms with van der Waals surface area (Å²) in [5, 5.41) is 10.3. The van der Waals surface area contributed by atoms with Gasteiger partial charge in [0.05, 0.1) is 12.3 Å². The molecule has 0 bridgehead atoms. The van der Waals surface area contributed by atoms with Crippen molar-refractivity contribution in [3.63, 3.8) is 0 Å². The van der Waals surface area contributed by atoms with Gasteiger partial charge in [-0.2, -0.15) is 5.10 Å². The maximum Gasteiger partial charge on any atom is 0.433 e. The first-order chi connectivity index (χ1) is 8.11. The molecule has 94 valence electrons. The number of aromatic nitrogens is 2. The number of carbonyl (C=O) groups excluding carboxylic acids is 1. The van der Waals surface area contributed by atoms with Gasteiger partial charge in [-0.05, 0) is 18.4 Å². The molecule has 6 nitrogen and oxygen atoms in total. The van der Waals surface area contributed by atoms with Gasteiger partial charge in [0.15, 0.2) is 0 Å². The molecule has 0 saturated heterocycles. The van der Waals surface area contributed by atoms with Crippen LogP contribution < -0.4 is 5.32 Å². The number of rotatable bonds is 5. The minimum atomic E-state index is -0.563. The van der Waals surface area contributed by atoms with E-state index in [-0.39, 0.29) is 0 Å². The van der Waals surface area contributed by atoms with Crippen molar-refractivity contribution in [3.8, 4) is 0 Å². The van der Waals surface area contributed by atoms with E-state index in [9.17, 15) is 4.79 Å². The van der Waals surface area contributed by atoms with Crippen molar-refractivity contribution >= 4 is 11.8 Å². The van der Waals surface area contributed by atoms with Gasteiger partial charge in [0.2, 0.25) is 0 Å². The van der Waals surface area contributed by atoms with Gasteiger partial charge in [-0.15, -0.1) is 0 Å². The van der Waals surface area contributed by atoms with E-state index in [1.54, 1.807) is 10.9 Å². The maximum atomic E-state index is 10.9. The molecule has 17 heavy (non-hydrogen) atoms. The molecule has 0 atom stereocenters. The molecule has 1 N–H and O–H groups in total. The van der Waals surface area contributed by atoms with Gasteiger partial charge in [0.25, 0.3) is 0 Å². The molecule has 0 aromatic carbocycles. The largest absolute Gasteiger partial charge is 0.433 e. The lowest BCUT2D eigenvalue weighted by Crippen LogP contribution is -2.19. The lowest BCUT2D eigenvalue weighted by molar-refractivity contribution is 0.152. The van der Waals surface area contributed by atoms with Crippen LogP contribution in [0.15, 0.2) is 23.6 Å². The first-order valence-corrected chi connectivity index (χ1v) is 5.53. The van der Waals surface area contributed by atoms with Gasteiger partial charge in [-0.1, -0.05) is 19.0 Å². The Hall–Kier alpha value is -1.85. The van der Waals surface area contributed by atoms with Gasteiger partial charge >= 0.3 is 6.09 Å². The number of hydrogen-bond acceptors (Lipinski definition) is 4. The third kappa shape index (κ3) is 5.14. The van der Waals surface area contributed by atoms with E-state index in [4.69, 9.17) is 4.84 Å². The van der Waals surface area contributed by atoms with Crippen molar-refractivity contribution in [1.29, 1.82) is 0 Å². The average Bonchev–Trinajstić information content (AvgIpc) is 2.77. The highest BCUT2D eigenvalue weighted by Crippen LogP contribution is 2.04. The predicted molar refractivity (Wildman–Crippen MR) is 64.7 cm³/mol. The Balaban J connectivity index is 2.62. The van der Waals surface area contributed by atoms with Crippen LogP contribution in [0.5, 0.6) is 0 Å². The molecule has 0 fully saturated rings. The molecule has 0 aliphatic heterocycles. The minimum absolute atomic E-state index is 0.442. The Morgan fingerprint density at radius 1 is 1.59 bits per heavy atom. The highest BCUT2D eigenvalue weighted by molar-refractivity contribution is 5.84. The van der Waals surface area contributed by atoms with E-state index in [1.165, 1.54) is 7.05 Å². The first kappa shape index (κ1) is 13.2. The van der Waals surface area contributed by atoms with E-state index in [2.05, 4.69) is 29.4 Å². The number of nitrogens with zero attached hydrogens (tertiary/aromatic N) is 3. The van der Waals surface area contributed by atoms with Crippen molar-refractivity contribution in [2.45, 2.75) is 26.8 Å². The summed E-state index contributed by atoms with van der Waals surface area (Å²) < 4.78 is 1.74. The second kappa shape index (κ2) is 6.67. The molecule has 0 spiro atoms. The Labute approximate surface area is 101 Å². The quantitative estimate of drug-likeness (QED) is 0.481. The Bertz CT molecular complexity index is 371. The number of hydrogen-bond donors (Lipinski definition) is 1. The summed E-state index contributed by atoms with van der Waals surface area (Å²) in [5.41, 5.74) is 0.785. The fourth-order valence-corrected chi connectivity index (χ4v) is 1.33. The van der Waals surface area contributed by atoms with Crippen LogP contribution in [0.1, 0.15) is 20.3 Å². The summed E-state index contributed by atoms with van der Waals surface area (Å²) in [7, 11) is 1.49. The van der Waals surface area contributed by atoms with Crippen molar-refractivity contribution in [3.05, 3.63) is 18.5 Å². The Morgan fingerprint density at radius 3 is 2.88 bits per heavy atom. The number of nitrogens with one attached hydrogen (secondary N) is 1. The van der Waals surface area contributed by atoms with Crippen LogP contribution in [0, 0.1) is 5.92 Å². The second-order valence-corrected chi connectivity index (χ2v) is 4.09. The smallest absolute Gasteiger partial charge is 0.323 e. The highest BCUT2D eigenvalue weighted by atomic mass is 16.7. The zero-order valence-corrected chi connectivity index (χ0v) is 10.4. The molecule has 1 heterocycles. The van der Waals surface area contributed by atoms with Crippen LogP contribution in [-0.2, 0) is 11.4 Å². The summed E-state index contributed by atoms with van der Waals surface area (Å²) in [5.74, 6) is 0.442. The van der Waals surface area contributed by atoms with E-state index >= 15 is 0 Å². The fraction of sp³-hybridized carbons (Fsp3) is 0.545. The zero-order chi connectivity index (χ0) is 12.7. The number of carbonyl (C=O) groups is 1. The van der Waals surface area contributed by atoms with Crippen molar-refractivity contribution in [2.75, 3.05) is 7.05 Å². The fourth-order valence-electron chi connectivity index (χ4n) is 1.33. The predicted octanol–water partition coefficient (Wildman–Crippen LogP) is 1.64. The molecule has 1 aromatic rings. The molecule has 0 radical (unpaired) electrons. The monoisotopic (exact) mass is 238 g/mol. The van der Waals surface area contributed by atoms with Gasteiger partial charge in [0.1, 0.15) is 0 Å². The number of oxime groups is 1. The van der Waals surface area contributed by atoms with E-state index < -0.39 is 6.09 Å². The highest BCUT2D eigenvalue weighted by Gasteiger charge is 2.07. The SMILES string of the molecule is CNC(=O)ON=C(CC(C)C)Cn1cccn1. The minimum Gasteiger partial charge on any atom is -0.323 e. The van der Waals surface area contributed by atoms with Crippen LogP contribution in [0.2, 0.25) is 0 Å². The average molecular weight is 238 g/mol. The van der Waals surface area contributed by atoms with Gasteiger partial charge in [0, 0.05) is 19.4 Å². The molecule has 0 aliphatic rings. The van der Waals surface area contributed by atoms with Gasteiger partial charge in [-0.3, -0.25) is 9.52 Å². The standard InChI is InChI=1S/C11H18N4O2/c1-9(2)7-10(14-17-11(16)12-3)8-15-6-4-5-13-15/h4-6,9H,7-8H2,1-3H3,(H,12,16). The van der Waals surface area contributed by atoms with Gasteiger partial charge in [-0.25, -0.2) is 4.79 Å². The molecule has 6 heteroatoms. The van der Waals surface area contributed by atoms with Gasteiger partial charge < -0.3 is 5.32 Å². The van der Waals surface area contributed by atoms with Crippen LogP contribution in [0.4, 0.5) is 4.79 Å². The lowest BCUT2D eigenvalue weighted by Gasteiger charge is -2.08. The Kier molecular flexibility index (Phi) is 5.19. The Morgan fingerprint density at radius 2 is 2.35 bits per heavy atom. The van der Waals surface area contributed by atoms with Crippen molar-refractivity contribution < 1.29 is 9.63 Å². The summed E-state index contributed by atoms with van der Waals surface area (Å²) in [6.07, 6.45) is 3.74. The van der Waals surface area contributed by atoms with Crippen LogP contribution in [0.25, 0.3) is 0 Å². The maximum absolute atomic E-state index is 10.9. The molecule has 0 unspecified atom stereocenters. The van der Waals surface area contributed by atoms with Crippen molar-refractivity contribution in [1.82, 2.24) is 15.1 Å². The number of amides is 1. The van der Waals surface area contributed by atoms with E-state index in [0.29, 0.717) is 12.5 Å². The summed E-state index contributed by atoms with van der Waals surface area (Å²) in [6, 6.07) is 1.84. The van der Waals surface area contributed by atoms with Crippen LogP contribution in [-0.4, -0.2) is 28.6 Å². The molecule has 1 rings (SSSR count). The normalized spacial score (nSPS) is 11.6. The summed E-state index contributed by atoms with van der Waals surface area (Å²) in [6.45, 7) is 4.69. The molecule has 0 saturated carbocycles. The summed E-state index contributed by atoms with van der Waals surface area (Å²) >= 11 is 0. The molecule has 0 aliphatic carbocycles. The zero-order valence-electron chi connectivity index (χ0n) is 10.4. The molecular formula is C11H18N4O2. The third-order valence-electron chi connectivity index (χ3n) is 2.01. The van der Waals surface area contributed by atoms with Crippen LogP contribution >= 0.6 is 0 Å². The molecular weight excluding hydrogens is 220 g/mol. The lowest BCUT2D eigenvalue weighted by atomic mass is 10.1. The first-order valence-electron chi connectivity index (χ1n) is 5.53. The van der Waals surface area contributed by atoms with E-state index in [0.717, 1.165) is 12.1 Å². The van der Waals surface area contributed by atoms with E-state index in [1.807, 2.05) is 12.3 Å². The molecule has 1 aromatic heterocycles. The second-order valence-electron chi connectivity index (χ2n) is 4.09. The topological polar surface area (TPSA) is 68.5 Å². The summed E-state index contributed by atoms with van der Waals surface area (Å²) in [4.78, 5) is 15.6.